The summed E-state index contributed by atoms with van der Waals surface area (Å²) in [7, 11) is 0. The monoisotopic (exact) mass is 334 g/mol. The smallest absolute Gasteiger partial charge is 0.379 e. The molecule has 2 aliphatic heterocycles. The van der Waals surface area contributed by atoms with Crippen LogP contribution < -0.4 is 5.32 Å². The summed E-state index contributed by atoms with van der Waals surface area (Å²) in [5, 5.41) is 12.7. The molecule has 0 radical (unpaired) electrons. The molecule has 2 fully saturated rings. The Balaban J connectivity index is 0.00000200. The highest BCUT2D eigenvalue weighted by Crippen LogP contribution is 2.37. The minimum atomic E-state index is -4.68. The lowest BCUT2D eigenvalue weighted by atomic mass is 10.0. The maximum Gasteiger partial charge on any atom is 0.419 e. The number of nitrogens with one attached hydrogen (secondary N) is 1. The molecule has 0 aliphatic carbocycles. The van der Waals surface area contributed by atoms with Crippen LogP contribution in [0.2, 0.25) is 0 Å². The Bertz CT molecular complexity index is 353. The van der Waals surface area contributed by atoms with Gasteiger partial charge in [0.25, 0.3) is 0 Å². The Hall–Kier alpha value is -0.180. The fourth-order valence-corrected chi connectivity index (χ4v) is 3.28. The maximum atomic E-state index is 12.6. The Kier molecular flexibility index (Phi) is 6.01. The van der Waals surface area contributed by atoms with Crippen molar-refractivity contribution in [3.05, 3.63) is 0 Å². The summed E-state index contributed by atoms with van der Waals surface area (Å²) >= 11 is 1.73. The predicted octanol–water partition coefficient (Wildman–Crippen LogP) is 1.03. The van der Waals surface area contributed by atoms with Crippen LogP contribution in [0.3, 0.4) is 0 Å². The number of aliphatic hydroxyl groups is 1. The van der Waals surface area contributed by atoms with Crippen LogP contribution in [0.4, 0.5) is 13.2 Å². The van der Waals surface area contributed by atoms with Crippen molar-refractivity contribution in [3.63, 3.8) is 0 Å². The number of likely N-dealkylation sites (tertiary alicyclic amines) is 1. The summed E-state index contributed by atoms with van der Waals surface area (Å²) < 4.78 is 37.9. The van der Waals surface area contributed by atoms with E-state index in [2.05, 4.69) is 5.32 Å². The molecule has 0 spiro atoms. The molecule has 0 saturated carbocycles. The van der Waals surface area contributed by atoms with E-state index in [1.807, 2.05) is 0 Å². The number of carbonyl (C=O) groups excluding carboxylic acids is 1. The number of carbonyl (C=O) groups is 1. The van der Waals surface area contributed by atoms with Gasteiger partial charge in [0.15, 0.2) is 5.60 Å². The van der Waals surface area contributed by atoms with Gasteiger partial charge in [-0.05, 0) is 0 Å². The summed E-state index contributed by atoms with van der Waals surface area (Å²) in [6, 6.07) is 0.0193. The third kappa shape index (κ3) is 3.93. The van der Waals surface area contributed by atoms with Gasteiger partial charge in [0, 0.05) is 43.5 Å². The zero-order valence-corrected chi connectivity index (χ0v) is 12.4. The molecule has 2 heterocycles. The fraction of sp³-hybridized carbons (Fsp3) is 0.909. The first-order chi connectivity index (χ1) is 8.82. The number of β-amino-alcohol motifs (C(OH)–C–C–N with tert-alkyl or cyclic N) is 1. The standard InChI is InChI=1S/C11H17F3N2O2S.ClH/c12-11(13,14)10(18)1-3-16(7-10)9(17)5-8-6-19-4-2-15-8;/h8,15,18H,1-7H2;1H. The van der Waals surface area contributed by atoms with E-state index in [4.69, 9.17) is 0 Å². The zero-order valence-electron chi connectivity index (χ0n) is 10.8. The molecule has 0 aromatic carbocycles. The van der Waals surface area contributed by atoms with Crippen molar-refractivity contribution in [2.75, 3.05) is 31.1 Å². The van der Waals surface area contributed by atoms with Crippen LogP contribution in [0.5, 0.6) is 0 Å². The number of thioether (sulfide) groups is 1. The van der Waals surface area contributed by atoms with E-state index >= 15 is 0 Å². The Labute approximate surface area is 125 Å². The summed E-state index contributed by atoms with van der Waals surface area (Å²) in [6.07, 6.45) is -4.92. The molecule has 0 aromatic rings. The second kappa shape index (κ2) is 6.72. The zero-order chi connectivity index (χ0) is 14.1. The van der Waals surface area contributed by atoms with Crippen molar-refractivity contribution in [1.29, 1.82) is 0 Å². The van der Waals surface area contributed by atoms with Crippen LogP contribution in [-0.4, -0.2) is 64.9 Å². The SMILES string of the molecule is Cl.O=C(CC1CSCCN1)N1CCC(O)(C(F)(F)F)C1. The van der Waals surface area contributed by atoms with Crippen LogP contribution in [0.1, 0.15) is 12.8 Å². The van der Waals surface area contributed by atoms with E-state index in [0.29, 0.717) is 0 Å². The van der Waals surface area contributed by atoms with E-state index in [-0.39, 0.29) is 37.3 Å². The lowest BCUT2D eigenvalue weighted by Gasteiger charge is -2.27. The average molecular weight is 335 g/mol. The van der Waals surface area contributed by atoms with Crippen molar-refractivity contribution >= 4 is 30.1 Å². The molecular weight excluding hydrogens is 317 g/mol. The molecule has 2 N–H and O–H groups in total. The highest BCUT2D eigenvalue weighted by atomic mass is 35.5. The van der Waals surface area contributed by atoms with Gasteiger partial charge in [-0.3, -0.25) is 4.79 Å². The number of alkyl halides is 3. The molecule has 2 rings (SSSR count). The van der Waals surface area contributed by atoms with Gasteiger partial charge in [-0.15, -0.1) is 12.4 Å². The molecule has 0 bridgehead atoms. The minimum Gasteiger partial charge on any atom is -0.379 e. The van der Waals surface area contributed by atoms with Gasteiger partial charge >= 0.3 is 6.18 Å². The van der Waals surface area contributed by atoms with Crippen LogP contribution in [0.15, 0.2) is 0 Å². The molecular formula is C11H18ClF3N2O2S. The lowest BCUT2D eigenvalue weighted by Crippen LogP contribution is -2.48. The Morgan fingerprint density at radius 2 is 2.20 bits per heavy atom. The van der Waals surface area contributed by atoms with E-state index in [1.165, 1.54) is 0 Å². The first kappa shape index (κ1) is 17.9. The van der Waals surface area contributed by atoms with Gasteiger partial charge in [0.2, 0.25) is 5.91 Å². The first-order valence-corrected chi connectivity index (χ1v) is 7.35. The lowest BCUT2D eigenvalue weighted by molar-refractivity contribution is -0.253. The van der Waals surface area contributed by atoms with Crippen molar-refractivity contribution in [3.8, 4) is 0 Å². The highest BCUT2D eigenvalue weighted by Gasteiger charge is 2.57. The van der Waals surface area contributed by atoms with Gasteiger partial charge in [0.05, 0.1) is 6.54 Å². The summed E-state index contributed by atoms with van der Waals surface area (Å²) in [4.78, 5) is 13.0. The predicted molar refractivity (Wildman–Crippen MR) is 73.2 cm³/mol. The molecule has 1 amide bonds. The molecule has 118 valence electrons. The fourth-order valence-electron chi connectivity index (χ4n) is 2.33. The van der Waals surface area contributed by atoms with Crippen LogP contribution in [0, 0.1) is 0 Å². The molecule has 9 heteroatoms. The third-order valence-electron chi connectivity index (χ3n) is 3.55. The Morgan fingerprint density at radius 1 is 1.50 bits per heavy atom. The number of halogens is 4. The quantitative estimate of drug-likeness (QED) is 0.792. The van der Waals surface area contributed by atoms with Crippen molar-refractivity contribution in [2.24, 2.45) is 0 Å². The summed E-state index contributed by atoms with van der Waals surface area (Å²) in [5.74, 6) is 1.46. The second-order valence-corrected chi connectivity index (χ2v) is 6.17. The van der Waals surface area contributed by atoms with E-state index in [9.17, 15) is 23.1 Å². The van der Waals surface area contributed by atoms with Crippen molar-refractivity contribution < 1.29 is 23.1 Å². The van der Waals surface area contributed by atoms with Crippen LogP contribution in [0.25, 0.3) is 0 Å². The van der Waals surface area contributed by atoms with Crippen LogP contribution >= 0.6 is 24.2 Å². The third-order valence-corrected chi connectivity index (χ3v) is 4.68. The molecule has 2 aliphatic rings. The second-order valence-electron chi connectivity index (χ2n) is 5.02. The summed E-state index contributed by atoms with van der Waals surface area (Å²) in [5.41, 5.74) is -2.74. The van der Waals surface area contributed by atoms with E-state index in [1.54, 1.807) is 11.8 Å². The molecule has 20 heavy (non-hydrogen) atoms. The largest absolute Gasteiger partial charge is 0.419 e. The topological polar surface area (TPSA) is 52.6 Å². The molecule has 0 aromatic heterocycles. The molecule has 2 atom stereocenters. The summed E-state index contributed by atoms with van der Waals surface area (Å²) in [6.45, 7) is 0.138. The van der Waals surface area contributed by atoms with Crippen molar-refractivity contribution in [2.45, 2.75) is 30.7 Å². The van der Waals surface area contributed by atoms with Gasteiger partial charge < -0.3 is 15.3 Å². The number of amides is 1. The normalized spacial score (nSPS) is 31.0. The van der Waals surface area contributed by atoms with Crippen LogP contribution in [-0.2, 0) is 4.79 Å². The van der Waals surface area contributed by atoms with Gasteiger partial charge in [-0.1, -0.05) is 0 Å². The highest BCUT2D eigenvalue weighted by molar-refractivity contribution is 7.99. The maximum absolute atomic E-state index is 12.6. The number of hydrogen-bond acceptors (Lipinski definition) is 4. The molecule has 2 saturated heterocycles. The average Bonchev–Trinajstić information content (AvgIpc) is 2.74. The first-order valence-electron chi connectivity index (χ1n) is 6.20. The van der Waals surface area contributed by atoms with Gasteiger partial charge in [0.1, 0.15) is 0 Å². The number of hydrogen-bond donors (Lipinski definition) is 2. The Morgan fingerprint density at radius 3 is 2.70 bits per heavy atom. The molecule has 4 nitrogen and oxygen atoms in total. The van der Waals surface area contributed by atoms with E-state index in [0.717, 1.165) is 23.0 Å². The number of nitrogens with zero attached hydrogens (tertiary/aromatic N) is 1. The van der Waals surface area contributed by atoms with Gasteiger partial charge in [-0.25, -0.2) is 0 Å². The minimum absolute atomic E-state index is 0. The van der Waals surface area contributed by atoms with E-state index < -0.39 is 24.7 Å². The molecule has 2 unspecified atom stereocenters. The van der Waals surface area contributed by atoms with Gasteiger partial charge in [-0.2, -0.15) is 24.9 Å². The van der Waals surface area contributed by atoms with Crippen molar-refractivity contribution in [1.82, 2.24) is 10.2 Å². The number of rotatable bonds is 2.